The van der Waals surface area contributed by atoms with Crippen molar-refractivity contribution in [2.75, 3.05) is 6.79 Å². The van der Waals surface area contributed by atoms with Gasteiger partial charge in [-0.05, 0) is 6.07 Å². The third-order valence-electron chi connectivity index (χ3n) is 2.71. The zero-order chi connectivity index (χ0) is 13.8. The fourth-order valence-corrected chi connectivity index (χ4v) is 3.18. The molecule has 8 heteroatoms. The number of carbonyl (C=O) groups excluding carboxylic acids is 1. The Kier molecular flexibility index (Phi) is 2.51. The number of rotatable bonds is 2. The van der Waals surface area contributed by atoms with Crippen LogP contribution in [0.4, 0.5) is 0 Å². The summed E-state index contributed by atoms with van der Waals surface area (Å²) in [7, 11) is 1.35. The molecule has 0 radical (unpaired) electrons. The van der Waals surface area contributed by atoms with Gasteiger partial charge < -0.3 is 13.9 Å². The molecular weight excluding hydrogens is 296 g/mol. The van der Waals surface area contributed by atoms with Crippen molar-refractivity contribution in [3.63, 3.8) is 0 Å². The van der Waals surface area contributed by atoms with E-state index in [9.17, 15) is 13.2 Å². The fourth-order valence-electron chi connectivity index (χ4n) is 1.92. The number of ether oxygens (including phenoxy) is 2. The van der Waals surface area contributed by atoms with Crippen molar-refractivity contribution in [2.24, 2.45) is 0 Å². The Labute approximate surface area is 112 Å². The third kappa shape index (κ3) is 1.85. The molecule has 0 atom stereocenters. The van der Waals surface area contributed by atoms with Crippen LogP contribution in [0.25, 0.3) is 11.0 Å². The summed E-state index contributed by atoms with van der Waals surface area (Å²) in [6.45, 7) is 1.22. The first-order valence-electron chi connectivity index (χ1n) is 5.19. The number of hydrogen-bond donors (Lipinski definition) is 0. The van der Waals surface area contributed by atoms with E-state index in [1.165, 1.54) is 19.1 Å². The second kappa shape index (κ2) is 3.88. The molecule has 2 heterocycles. The van der Waals surface area contributed by atoms with Crippen LogP contribution in [0.5, 0.6) is 11.5 Å². The van der Waals surface area contributed by atoms with Crippen molar-refractivity contribution >= 4 is 36.5 Å². The summed E-state index contributed by atoms with van der Waals surface area (Å²) >= 11 is 0. The van der Waals surface area contributed by atoms with E-state index in [4.69, 9.17) is 24.6 Å². The maximum atomic E-state index is 11.7. The molecule has 0 aliphatic carbocycles. The number of ketones is 1. The number of hydrogen-bond acceptors (Lipinski definition) is 6. The van der Waals surface area contributed by atoms with Crippen LogP contribution in [0.2, 0.25) is 0 Å². The lowest BCUT2D eigenvalue weighted by Gasteiger charge is -2.03. The minimum atomic E-state index is -4.07. The van der Waals surface area contributed by atoms with E-state index in [0.717, 1.165) is 0 Å². The lowest BCUT2D eigenvalue weighted by atomic mass is 10.2. The molecule has 0 spiro atoms. The van der Waals surface area contributed by atoms with Gasteiger partial charge >= 0.3 is 0 Å². The Hall–Kier alpha value is -1.73. The van der Waals surface area contributed by atoms with Gasteiger partial charge in [-0.2, -0.15) is 0 Å². The molecule has 0 saturated heterocycles. The Morgan fingerprint density at radius 2 is 2.05 bits per heavy atom. The zero-order valence-electron chi connectivity index (χ0n) is 9.60. The van der Waals surface area contributed by atoms with E-state index < -0.39 is 9.05 Å². The van der Waals surface area contributed by atoms with Gasteiger partial charge in [0, 0.05) is 29.1 Å². The molecule has 3 rings (SSSR count). The predicted octanol–water partition coefficient (Wildman–Crippen LogP) is 2.29. The molecule has 0 saturated carbocycles. The van der Waals surface area contributed by atoms with Gasteiger partial charge in [-0.15, -0.1) is 0 Å². The Balaban J connectivity index is 2.45. The summed E-state index contributed by atoms with van der Waals surface area (Å²) in [5, 5.41) is 0.199. The van der Waals surface area contributed by atoms with Crippen LogP contribution >= 0.6 is 10.7 Å². The first-order chi connectivity index (χ1) is 8.88. The van der Waals surface area contributed by atoms with Crippen LogP contribution in [0.3, 0.4) is 0 Å². The maximum absolute atomic E-state index is 11.7. The summed E-state index contributed by atoms with van der Waals surface area (Å²) in [5.41, 5.74) is 0.202. The molecule has 19 heavy (non-hydrogen) atoms. The summed E-state index contributed by atoms with van der Waals surface area (Å²) in [4.78, 5) is 11.1. The van der Waals surface area contributed by atoms with Gasteiger partial charge in [0.05, 0.1) is 0 Å². The average Bonchev–Trinajstić information content (AvgIpc) is 2.87. The quantitative estimate of drug-likeness (QED) is 0.625. The lowest BCUT2D eigenvalue weighted by Crippen LogP contribution is -1.97. The molecule has 100 valence electrons. The van der Waals surface area contributed by atoms with Gasteiger partial charge in [-0.25, -0.2) is 8.42 Å². The maximum Gasteiger partial charge on any atom is 0.265 e. The SMILES string of the molecule is CC(=O)c1cc2c(S(=O)(=O)Cl)c3c(cc2o1)OCO3. The topological polar surface area (TPSA) is 82.8 Å². The molecular formula is C11H7ClO6S. The van der Waals surface area contributed by atoms with E-state index in [2.05, 4.69) is 0 Å². The first kappa shape index (κ1) is 12.3. The van der Waals surface area contributed by atoms with Crippen molar-refractivity contribution in [3.8, 4) is 11.5 Å². The summed E-state index contributed by atoms with van der Waals surface area (Å²) < 4.78 is 38.9. The van der Waals surface area contributed by atoms with E-state index in [1.807, 2.05) is 0 Å². The van der Waals surface area contributed by atoms with E-state index in [0.29, 0.717) is 0 Å². The summed E-state index contributed by atoms with van der Waals surface area (Å²) in [6, 6.07) is 2.80. The largest absolute Gasteiger partial charge is 0.453 e. The standard InChI is InChI=1S/C11H7ClO6S/c1-5(13)7-2-6-8(18-7)3-9-10(17-4-16-9)11(6)19(12,14)15/h2-3H,4H2,1H3. The van der Waals surface area contributed by atoms with Crippen LogP contribution in [0, 0.1) is 0 Å². The number of carbonyl (C=O) groups is 1. The molecule has 2 aromatic rings. The van der Waals surface area contributed by atoms with E-state index in [-0.39, 0.29) is 45.7 Å². The lowest BCUT2D eigenvalue weighted by molar-refractivity contribution is 0.0989. The molecule has 0 bridgehead atoms. The summed E-state index contributed by atoms with van der Waals surface area (Å²) in [6.07, 6.45) is 0. The van der Waals surface area contributed by atoms with Crippen LogP contribution in [-0.4, -0.2) is 21.0 Å². The van der Waals surface area contributed by atoms with Gasteiger partial charge in [0.15, 0.2) is 23.0 Å². The number of halogens is 1. The molecule has 0 fully saturated rings. The highest BCUT2D eigenvalue weighted by molar-refractivity contribution is 8.14. The molecule has 1 aliphatic rings. The van der Waals surface area contributed by atoms with Crippen molar-refractivity contribution in [3.05, 3.63) is 17.9 Å². The van der Waals surface area contributed by atoms with Crippen molar-refractivity contribution in [1.82, 2.24) is 0 Å². The Morgan fingerprint density at radius 1 is 1.32 bits per heavy atom. The number of Topliss-reactive ketones (excluding diaryl/α,β-unsaturated/α-hetero) is 1. The van der Waals surface area contributed by atoms with E-state index >= 15 is 0 Å². The monoisotopic (exact) mass is 302 g/mol. The summed E-state index contributed by atoms with van der Waals surface area (Å²) in [5.74, 6) is -0.0223. The Morgan fingerprint density at radius 3 is 2.68 bits per heavy atom. The van der Waals surface area contributed by atoms with Gasteiger partial charge in [0.2, 0.25) is 6.79 Å². The second-order valence-electron chi connectivity index (χ2n) is 3.96. The highest BCUT2D eigenvalue weighted by Gasteiger charge is 2.30. The van der Waals surface area contributed by atoms with Crippen LogP contribution < -0.4 is 9.47 Å². The minimum absolute atomic E-state index is 0.0402. The molecule has 1 aliphatic heterocycles. The van der Waals surface area contributed by atoms with Crippen LogP contribution in [-0.2, 0) is 9.05 Å². The van der Waals surface area contributed by atoms with Gasteiger partial charge in [0.25, 0.3) is 9.05 Å². The van der Waals surface area contributed by atoms with Gasteiger partial charge in [-0.1, -0.05) is 0 Å². The molecule has 1 aromatic heterocycles. The fraction of sp³-hybridized carbons (Fsp3) is 0.182. The highest BCUT2D eigenvalue weighted by Crippen LogP contribution is 2.45. The van der Waals surface area contributed by atoms with Crippen molar-refractivity contribution in [2.45, 2.75) is 11.8 Å². The van der Waals surface area contributed by atoms with Crippen molar-refractivity contribution in [1.29, 1.82) is 0 Å². The minimum Gasteiger partial charge on any atom is -0.453 e. The van der Waals surface area contributed by atoms with E-state index in [1.54, 1.807) is 0 Å². The zero-order valence-corrected chi connectivity index (χ0v) is 11.2. The Bertz CT molecular complexity index is 804. The molecule has 0 amide bonds. The normalized spacial score (nSPS) is 14.0. The predicted molar refractivity (Wildman–Crippen MR) is 65.4 cm³/mol. The second-order valence-corrected chi connectivity index (χ2v) is 6.46. The van der Waals surface area contributed by atoms with Crippen LogP contribution in [0.1, 0.15) is 17.5 Å². The third-order valence-corrected chi connectivity index (χ3v) is 4.06. The smallest absolute Gasteiger partial charge is 0.265 e. The van der Waals surface area contributed by atoms with Crippen molar-refractivity contribution < 1.29 is 27.1 Å². The number of fused-ring (bicyclic) bond motifs is 2. The molecule has 1 aromatic carbocycles. The molecule has 6 nitrogen and oxygen atoms in total. The number of furan rings is 1. The number of benzene rings is 1. The molecule has 0 N–H and O–H groups in total. The highest BCUT2D eigenvalue weighted by atomic mass is 35.7. The van der Waals surface area contributed by atoms with Gasteiger partial charge in [0.1, 0.15) is 10.5 Å². The van der Waals surface area contributed by atoms with Crippen LogP contribution in [0.15, 0.2) is 21.4 Å². The first-order valence-corrected chi connectivity index (χ1v) is 7.50. The molecule has 0 unspecified atom stereocenters. The average molecular weight is 303 g/mol. The van der Waals surface area contributed by atoms with Gasteiger partial charge in [-0.3, -0.25) is 4.79 Å².